The fraction of sp³-hybridized carbons (Fsp3) is 0.308. The average molecular weight is 247 g/mol. The molecule has 0 radical (unpaired) electrons. The number of ether oxygens (including phenoxy) is 2. The van der Waals surface area contributed by atoms with Crippen LogP contribution < -0.4 is 15.2 Å². The first-order chi connectivity index (χ1) is 8.83. The summed E-state index contributed by atoms with van der Waals surface area (Å²) in [6.45, 7) is 1.69. The first kappa shape index (κ1) is 12.4. The average Bonchev–Trinajstić information content (AvgIpc) is 2.92. The molecule has 5 nitrogen and oxygen atoms in total. The molecule has 0 atom stereocenters. The summed E-state index contributed by atoms with van der Waals surface area (Å²) in [6, 6.07) is 7.53. The highest BCUT2D eigenvalue weighted by Crippen LogP contribution is 2.24. The number of benzene rings is 1. The number of hydrogen-bond acceptors (Lipinski definition) is 4. The van der Waals surface area contributed by atoms with Crippen LogP contribution in [0.5, 0.6) is 11.5 Å². The molecular weight excluding hydrogens is 230 g/mol. The second kappa shape index (κ2) is 6.07. The Hall–Kier alpha value is -2.01. The molecule has 2 rings (SSSR count). The Morgan fingerprint density at radius 3 is 2.94 bits per heavy atom. The Morgan fingerprint density at radius 1 is 1.39 bits per heavy atom. The van der Waals surface area contributed by atoms with Crippen LogP contribution in [0.4, 0.5) is 0 Å². The van der Waals surface area contributed by atoms with E-state index in [0.717, 1.165) is 17.1 Å². The van der Waals surface area contributed by atoms with Crippen LogP contribution in [0.3, 0.4) is 0 Å². The van der Waals surface area contributed by atoms with Gasteiger partial charge >= 0.3 is 0 Å². The maximum absolute atomic E-state index is 5.72. The summed E-state index contributed by atoms with van der Waals surface area (Å²) < 4.78 is 12.7. The van der Waals surface area contributed by atoms with Crippen molar-refractivity contribution < 1.29 is 9.47 Å². The quantitative estimate of drug-likeness (QED) is 0.838. The van der Waals surface area contributed by atoms with Gasteiger partial charge in [-0.05, 0) is 12.1 Å². The van der Waals surface area contributed by atoms with Crippen molar-refractivity contribution in [3.63, 3.8) is 0 Å². The van der Waals surface area contributed by atoms with Crippen LogP contribution in [-0.2, 0) is 13.1 Å². The van der Waals surface area contributed by atoms with E-state index in [1.807, 2.05) is 35.1 Å². The summed E-state index contributed by atoms with van der Waals surface area (Å²) in [5.74, 6) is 1.53. The van der Waals surface area contributed by atoms with Crippen LogP contribution in [0.15, 0.2) is 36.7 Å². The van der Waals surface area contributed by atoms with Crippen molar-refractivity contribution in [2.45, 2.75) is 13.1 Å². The third kappa shape index (κ3) is 3.01. The molecule has 1 aromatic carbocycles. The minimum absolute atomic E-state index is 0.446. The maximum atomic E-state index is 5.72. The van der Waals surface area contributed by atoms with Crippen molar-refractivity contribution >= 4 is 0 Å². The van der Waals surface area contributed by atoms with E-state index in [2.05, 4.69) is 5.10 Å². The summed E-state index contributed by atoms with van der Waals surface area (Å²) in [5.41, 5.74) is 6.64. The smallest absolute Gasteiger partial charge is 0.127 e. The van der Waals surface area contributed by atoms with E-state index in [9.17, 15) is 0 Å². The van der Waals surface area contributed by atoms with Gasteiger partial charge in [0.05, 0.1) is 13.7 Å². The molecule has 0 aliphatic rings. The van der Waals surface area contributed by atoms with Crippen molar-refractivity contribution in [2.75, 3.05) is 13.7 Å². The first-order valence-electron chi connectivity index (χ1n) is 5.80. The minimum atomic E-state index is 0.446. The van der Waals surface area contributed by atoms with Crippen molar-refractivity contribution in [3.05, 3.63) is 42.2 Å². The molecule has 0 fully saturated rings. The largest absolute Gasteiger partial charge is 0.497 e. The van der Waals surface area contributed by atoms with Crippen LogP contribution in [-0.4, -0.2) is 23.5 Å². The zero-order valence-electron chi connectivity index (χ0n) is 10.4. The molecule has 1 aromatic heterocycles. The van der Waals surface area contributed by atoms with Gasteiger partial charge in [0.15, 0.2) is 0 Å². The number of rotatable bonds is 6. The first-order valence-corrected chi connectivity index (χ1v) is 5.80. The molecule has 2 aromatic rings. The van der Waals surface area contributed by atoms with E-state index in [1.54, 1.807) is 13.3 Å². The lowest BCUT2D eigenvalue weighted by molar-refractivity contribution is 0.287. The van der Waals surface area contributed by atoms with Crippen LogP contribution in [0.1, 0.15) is 5.56 Å². The topological polar surface area (TPSA) is 62.3 Å². The van der Waals surface area contributed by atoms with Crippen LogP contribution in [0, 0.1) is 0 Å². The molecule has 0 amide bonds. The van der Waals surface area contributed by atoms with Crippen molar-refractivity contribution in [2.24, 2.45) is 5.73 Å². The van der Waals surface area contributed by atoms with Crippen LogP contribution >= 0.6 is 0 Å². The lowest BCUT2D eigenvalue weighted by Gasteiger charge is -2.12. The molecule has 0 aliphatic carbocycles. The molecule has 0 aliphatic heterocycles. The number of hydrogen-bond donors (Lipinski definition) is 1. The summed E-state index contributed by atoms with van der Waals surface area (Å²) in [5, 5.41) is 4.11. The van der Waals surface area contributed by atoms with Gasteiger partial charge in [-0.15, -0.1) is 0 Å². The fourth-order valence-electron chi connectivity index (χ4n) is 1.65. The Labute approximate surface area is 106 Å². The zero-order valence-corrected chi connectivity index (χ0v) is 10.4. The van der Waals surface area contributed by atoms with Gasteiger partial charge < -0.3 is 15.2 Å². The SMILES string of the molecule is COc1ccc(CN)c(OCCn2cccn2)c1. The van der Waals surface area contributed by atoms with E-state index >= 15 is 0 Å². The highest BCUT2D eigenvalue weighted by atomic mass is 16.5. The maximum Gasteiger partial charge on any atom is 0.127 e. The number of nitrogens with two attached hydrogens (primary N) is 1. The summed E-state index contributed by atoms with van der Waals surface area (Å²) in [4.78, 5) is 0. The molecule has 0 spiro atoms. The Balaban J connectivity index is 1.98. The summed E-state index contributed by atoms with van der Waals surface area (Å²) in [7, 11) is 1.63. The minimum Gasteiger partial charge on any atom is -0.497 e. The Kier molecular flexibility index (Phi) is 4.20. The van der Waals surface area contributed by atoms with Gasteiger partial charge in [-0.25, -0.2) is 0 Å². The van der Waals surface area contributed by atoms with Gasteiger partial charge in [0, 0.05) is 30.6 Å². The van der Waals surface area contributed by atoms with E-state index in [0.29, 0.717) is 19.7 Å². The predicted molar refractivity (Wildman–Crippen MR) is 68.6 cm³/mol. The highest BCUT2D eigenvalue weighted by Gasteiger charge is 2.04. The van der Waals surface area contributed by atoms with Crippen LogP contribution in [0.2, 0.25) is 0 Å². The summed E-state index contributed by atoms with van der Waals surface area (Å²) >= 11 is 0. The van der Waals surface area contributed by atoms with Gasteiger partial charge in [0.1, 0.15) is 18.1 Å². The second-order valence-electron chi connectivity index (χ2n) is 3.80. The number of nitrogens with zero attached hydrogens (tertiary/aromatic N) is 2. The second-order valence-corrected chi connectivity index (χ2v) is 3.80. The monoisotopic (exact) mass is 247 g/mol. The van der Waals surface area contributed by atoms with Gasteiger partial charge in [-0.3, -0.25) is 4.68 Å². The number of methoxy groups -OCH3 is 1. The standard InChI is InChI=1S/C13H17N3O2/c1-17-12-4-3-11(10-14)13(9-12)18-8-7-16-6-2-5-15-16/h2-6,9H,7-8,10,14H2,1H3. The van der Waals surface area contributed by atoms with E-state index < -0.39 is 0 Å². The molecule has 96 valence electrons. The molecule has 0 bridgehead atoms. The molecule has 0 saturated heterocycles. The van der Waals surface area contributed by atoms with Gasteiger partial charge in [-0.2, -0.15) is 5.10 Å². The van der Waals surface area contributed by atoms with Crippen molar-refractivity contribution in [1.82, 2.24) is 9.78 Å². The van der Waals surface area contributed by atoms with E-state index in [4.69, 9.17) is 15.2 Å². The fourth-order valence-corrected chi connectivity index (χ4v) is 1.65. The third-order valence-corrected chi connectivity index (χ3v) is 2.63. The van der Waals surface area contributed by atoms with Crippen molar-refractivity contribution in [3.8, 4) is 11.5 Å². The molecule has 5 heteroatoms. The molecule has 0 unspecified atom stereocenters. The molecule has 1 heterocycles. The lowest BCUT2D eigenvalue weighted by atomic mass is 10.2. The molecular formula is C13H17N3O2. The lowest BCUT2D eigenvalue weighted by Crippen LogP contribution is -2.10. The molecule has 2 N–H and O–H groups in total. The highest BCUT2D eigenvalue weighted by molar-refractivity contribution is 5.40. The Morgan fingerprint density at radius 2 is 2.28 bits per heavy atom. The number of aromatic nitrogens is 2. The molecule has 18 heavy (non-hydrogen) atoms. The summed E-state index contributed by atoms with van der Waals surface area (Å²) in [6.07, 6.45) is 3.65. The predicted octanol–water partition coefficient (Wildman–Crippen LogP) is 1.43. The van der Waals surface area contributed by atoms with Gasteiger partial charge in [-0.1, -0.05) is 6.07 Å². The van der Waals surface area contributed by atoms with Crippen LogP contribution in [0.25, 0.3) is 0 Å². The van der Waals surface area contributed by atoms with E-state index in [1.165, 1.54) is 0 Å². The van der Waals surface area contributed by atoms with E-state index in [-0.39, 0.29) is 0 Å². The van der Waals surface area contributed by atoms with Gasteiger partial charge in [0.25, 0.3) is 0 Å². The molecule has 0 saturated carbocycles. The Bertz CT molecular complexity index is 483. The normalized spacial score (nSPS) is 10.3. The van der Waals surface area contributed by atoms with Gasteiger partial charge in [0.2, 0.25) is 0 Å². The third-order valence-electron chi connectivity index (χ3n) is 2.63. The van der Waals surface area contributed by atoms with Crippen molar-refractivity contribution in [1.29, 1.82) is 0 Å². The zero-order chi connectivity index (χ0) is 12.8.